The topological polar surface area (TPSA) is 61.4 Å². The minimum atomic E-state index is -0.116. The Labute approximate surface area is 73.3 Å². The number of aliphatic hydroxyl groups excluding tert-OH is 1. The fraction of sp³-hybridized carbons (Fsp3) is 0.875. The number of hydrogen-bond acceptors (Lipinski definition) is 2. The van der Waals surface area contributed by atoms with E-state index >= 15 is 0 Å². The van der Waals surface area contributed by atoms with E-state index in [2.05, 4.69) is 10.6 Å². The predicted molar refractivity (Wildman–Crippen MR) is 48.0 cm³/mol. The molecule has 72 valence electrons. The number of carbonyl (C=O) groups excluding carboxylic acids is 1. The molecule has 4 nitrogen and oxygen atoms in total. The third-order valence-corrected chi connectivity index (χ3v) is 1.41. The van der Waals surface area contributed by atoms with Gasteiger partial charge in [-0.1, -0.05) is 6.92 Å². The van der Waals surface area contributed by atoms with Crippen LogP contribution in [0.1, 0.15) is 26.2 Å². The molecule has 0 fully saturated rings. The highest BCUT2D eigenvalue weighted by atomic mass is 16.2. The Balaban J connectivity index is 3.08. The molecule has 0 unspecified atom stereocenters. The van der Waals surface area contributed by atoms with E-state index in [9.17, 15) is 4.79 Å². The van der Waals surface area contributed by atoms with Crippen LogP contribution in [0.25, 0.3) is 0 Å². The normalized spacial score (nSPS) is 9.50. The molecule has 12 heavy (non-hydrogen) atoms. The molecule has 3 N–H and O–H groups in total. The fourth-order valence-electron chi connectivity index (χ4n) is 0.740. The highest BCUT2D eigenvalue weighted by Crippen LogP contribution is 1.83. The van der Waals surface area contributed by atoms with Crippen LogP contribution in [0.2, 0.25) is 0 Å². The van der Waals surface area contributed by atoms with Crippen LogP contribution in [-0.2, 0) is 0 Å². The molecule has 0 aromatic carbocycles. The van der Waals surface area contributed by atoms with Crippen molar-refractivity contribution in [3.05, 3.63) is 0 Å². The minimum Gasteiger partial charge on any atom is -0.396 e. The van der Waals surface area contributed by atoms with Gasteiger partial charge >= 0.3 is 6.03 Å². The van der Waals surface area contributed by atoms with Crippen molar-refractivity contribution >= 4 is 6.03 Å². The van der Waals surface area contributed by atoms with E-state index < -0.39 is 0 Å². The molecule has 0 atom stereocenters. The molecule has 0 radical (unpaired) electrons. The molecule has 0 spiro atoms. The monoisotopic (exact) mass is 174 g/mol. The lowest BCUT2D eigenvalue weighted by Crippen LogP contribution is -2.36. The molecule has 4 heteroatoms. The van der Waals surface area contributed by atoms with Gasteiger partial charge in [0.05, 0.1) is 0 Å². The first-order chi connectivity index (χ1) is 5.81. The van der Waals surface area contributed by atoms with Crippen LogP contribution in [0.15, 0.2) is 0 Å². The number of nitrogens with one attached hydrogen (secondary N) is 2. The second-order valence-corrected chi connectivity index (χ2v) is 2.61. The van der Waals surface area contributed by atoms with Crippen molar-refractivity contribution in [1.82, 2.24) is 10.6 Å². The number of urea groups is 1. The first kappa shape index (κ1) is 11.2. The average molecular weight is 174 g/mol. The third-order valence-electron chi connectivity index (χ3n) is 1.41. The Bertz CT molecular complexity index is 118. The van der Waals surface area contributed by atoms with Crippen molar-refractivity contribution in [3.63, 3.8) is 0 Å². The largest absolute Gasteiger partial charge is 0.396 e. The first-order valence-corrected chi connectivity index (χ1v) is 4.43. The van der Waals surface area contributed by atoms with E-state index in [0.29, 0.717) is 13.1 Å². The molecule has 0 aromatic heterocycles. The Morgan fingerprint density at radius 1 is 1.25 bits per heavy atom. The van der Waals surface area contributed by atoms with Crippen LogP contribution < -0.4 is 10.6 Å². The maximum absolute atomic E-state index is 10.9. The highest BCUT2D eigenvalue weighted by molar-refractivity contribution is 5.73. The van der Waals surface area contributed by atoms with Crippen molar-refractivity contribution in [3.8, 4) is 0 Å². The molecule has 0 aliphatic rings. The lowest BCUT2D eigenvalue weighted by Gasteiger charge is -2.05. The van der Waals surface area contributed by atoms with E-state index in [1.54, 1.807) is 0 Å². The lowest BCUT2D eigenvalue weighted by atomic mass is 10.3. The summed E-state index contributed by atoms with van der Waals surface area (Å²) in [5, 5.41) is 13.8. The van der Waals surface area contributed by atoms with Gasteiger partial charge in [0, 0.05) is 19.7 Å². The summed E-state index contributed by atoms with van der Waals surface area (Å²) in [6, 6.07) is -0.116. The van der Waals surface area contributed by atoms with Gasteiger partial charge in [0.25, 0.3) is 0 Å². The van der Waals surface area contributed by atoms with E-state index in [0.717, 1.165) is 19.3 Å². The Kier molecular flexibility index (Phi) is 7.79. The number of unbranched alkanes of at least 4 members (excludes halogenated alkanes) is 1. The van der Waals surface area contributed by atoms with Crippen LogP contribution in [0.3, 0.4) is 0 Å². The summed E-state index contributed by atoms with van der Waals surface area (Å²) in [5.74, 6) is 0. The summed E-state index contributed by atoms with van der Waals surface area (Å²) in [6.45, 7) is 3.55. The quantitative estimate of drug-likeness (QED) is 0.512. The van der Waals surface area contributed by atoms with E-state index in [1.165, 1.54) is 0 Å². The van der Waals surface area contributed by atoms with Gasteiger partial charge in [-0.3, -0.25) is 0 Å². The maximum atomic E-state index is 10.9. The standard InChI is InChI=1S/C8H18N2O2/c1-2-5-9-8(12)10-6-3-4-7-11/h11H,2-7H2,1H3,(H2,9,10,12). The van der Waals surface area contributed by atoms with E-state index in [1.807, 2.05) is 6.92 Å². The number of amides is 2. The lowest BCUT2D eigenvalue weighted by molar-refractivity contribution is 0.239. The van der Waals surface area contributed by atoms with Gasteiger partial charge in [-0.25, -0.2) is 4.79 Å². The molecule has 0 rings (SSSR count). The van der Waals surface area contributed by atoms with Gasteiger partial charge in [-0.15, -0.1) is 0 Å². The smallest absolute Gasteiger partial charge is 0.314 e. The zero-order chi connectivity index (χ0) is 9.23. The molecular formula is C8H18N2O2. The second kappa shape index (κ2) is 8.33. The van der Waals surface area contributed by atoms with Crippen LogP contribution >= 0.6 is 0 Å². The Morgan fingerprint density at radius 2 is 1.92 bits per heavy atom. The summed E-state index contributed by atoms with van der Waals surface area (Å²) >= 11 is 0. The second-order valence-electron chi connectivity index (χ2n) is 2.61. The molecule has 0 saturated heterocycles. The van der Waals surface area contributed by atoms with E-state index in [-0.39, 0.29) is 12.6 Å². The summed E-state index contributed by atoms with van der Waals surface area (Å²) in [5.41, 5.74) is 0. The maximum Gasteiger partial charge on any atom is 0.314 e. The van der Waals surface area contributed by atoms with Gasteiger partial charge in [0.15, 0.2) is 0 Å². The summed E-state index contributed by atoms with van der Waals surface area (Å²) < 4.78 is 0. The molecule has 0 aliphatic carbocycles. The van der Waals surface area contributed by atoms with Crippen molar-refractivity contribution < 1.29 is 9.90 Å². The number of hydrogen-bond donors (Lipinski definition) is 3. The number of carbonyl (C=O) groups is 1. The van der Waals surface area contributed by atoms with Gasteiger partial charge in [0.1, 0.15) is 0 Å². The zero-order valence-corrected chi connectivity index (χ0v) is 7.60. The van der Waals surface area contributed by atoms with Gasteiger partial charge in [0.2, 0.25) is 0 Å². The first-order valence-electron chi connectivity index (χ1n) is 4.43. The fourth-order valence-corrected chi connectivity index (χ4v) is 0.740. The molecule has 0 bridgehead atoms. The van der Waals surface area contributed by atoms with Gasteiger partial charge < -0.3 is 15.7 Å². The zero-order valence-electron chi connectivity index (χ0n) is 7.60. The van der Waals surface area contributed by atoms with Crippen molar-refractivity contribution in [2.45, 2.75) is 26.2 Å². The van der Waals surface area contributed by atoms with Gasteiger partial charge in [-0.2, -0.15) is 0 Å². The van der Waals surface area contributed by atoms with Crippen molar-refractivity contribution in [1.29, 1.82) is 0 Å². The summed E-state index contributed by atoms with van der Waals surface area (Å²) in [4.78, 5) is 10.9. The number of rotatable bonds is 6. The van der Waals surface area contributed by atoms with Crippen LogP contribution in [0, 0.1) is 0 Å². The number of aliphatic hydroxyl groups is 1. The molecule has 2 amide bonds. The third kappa shape index (κ3) is 7.34. The van der Waals surface area contributed by atoms with Gasteiger partial charge in [-0.05, 0) is 19.3 Å². The SMILES string of the molecule is CCCNC(=O)NCCCCO. The molecule has 0 aliphatic heterocycles. The molecule has 0 saturated carbocycles. The summed E-state index contributed by atoms with van der Waals surface area (Å²) in [6.07, 6.45) is 2.52. The van der Waals surface area contributed by atoms with Crippen LogP contribution in [-0.4, -0.2) is 30.8 Å². The van der Waals surface area contributed by atoms with Crippen LogP contribution in [0.5, 0.6) is 0 Å². The Morgan fingerprint density at radius 3 is 2.50 bits per heavy atom. The molecule has 0 heterocycles. The average Bonchev–Trinajstić information content (AvgIpc) is 2.09. The predicted octanol–water partition coefficient (Wildman–Crippen LogP) is 0.468. The Hall–Kier alpha value is -0.770. The molecular weight excluding hydrogens is 156 g/mol. The van der Waals surface area contributed by atoms with Crippen molar-refractivity contribution in [2.75, 3.05) is 19.7 Å². The van der Waals surface area contributed by atoms with E-state index in [4.69, 9.17) is 5.11 Å². The van der Waals surface area contributed by atoms with Crippen LogP contribution in [0.4, 0.5) is 4.79 Å². The molecule has 0 aromatic rings. The summed E-state index contributed by atoms with van der Waals surface area (Å²) in [7, 11) is 0. The highest BCUT2D eigenvalue weighted by Gasteiger charge is 1.95. The van der Waals surface area contributed by atoms with Crippen molar-refractivity contribution in [2.24, 2.45) is 0 Å². The minimum absolute atomic E-state index is 0.116.